The number of benzene rings is 2. The molecule has 0 aliphatic heterocycles. The van der Waals surface area contributed by atoms with E-state index in [1.807, 2.05) is 24.3 Å². The molecule has 1 heterocycles. The number of aromatic nitrogens is 2. The molecule has 1 aromatic heterocycles. The van der Waals surface area contributed by atoms with Crippen LogP contribution in [-0.2, 0) is 6.42 Å². The van der Waals surface area contributed by atoms with Gasteiger partial charge in [0.25, 0.3) is 5.56 Å². The van der Waals surface area contributed by atoms with Gasteiger partial charge in [-0.15, -0.1) is 0 Å². The lowest BCUT2D eigenvalue weighted by Gasteiger charge is -2.03. The van der Waals surface area contributed by atoms with E-state index in [1.165, 1.54) is 4.68 Å². The van der Waals surface area contributed by atoms with Crippen molar-refractivity contribution in [3.05, 3.63) is 74.1 Å². The first-order valence-electron chi connectivity index (χ1n) is 8.93. The number of aromatic amines is 1. The van der Waals surface area contributed by atoms with E-state index in [4.69, 9.17) is 27.9 Å². The Morgan fingerprint density at radius 1 is 1.18 bits per heavy atom. The van der Waals surface area contributed by atoms with Gasteiger partial charge < -0.3 is 4.74 Å². The lowest BCUT2D eigenvalue weighted by Crippen LogP contribution is -2.19. The Morgan fingerprint density at radius 3 is 2.54 bits per heavy atom. The smallest absolute Gasteiger partial charge is 0.280 e. The summed E-state index contributed by atoms with van der Waals surface area (Å²) in [5.74, 6) is 0.728. The van der Waals surface area contributed by atoms with Crippen molar-refractivity contribution in [2.45, 2.75) is 26.7 Å². The number of nitrogens with one attached hydrogen (secondary N) is 1. The highest BCUT2D eigenvalue weighted by Gasteiger charge is 2.18. The minimum atomic E-state index is -0.159. The highest BCUT2D eigenvalue weighted by Crippen LogP contribution is 2.29. The van der Waals surface area contributed by atoms with Gasteiger partial charge in [0.1, 0.15) is 5.75 Å². The van der Waals surface area contributed by atoms with Crippen LogP contribution >= 0.6 is 23.2 Å². The molecule has 0 spiro atoms. The number of nitrogens with zero attached hydrogens (tertiary/aromatic N) is 2. The van der Waals surface area contributed by atoms with Gasteiger partial charge >= 0.3 is 0 Å². The molecule has 0 saturated carbocycles. The predicted molar refractivity (Wildman–Crippen MR) is 115 cm³/mol. The number of aryl methyl sites for hydroxylation is 1. The summed E-state index contributed by atoms with van der Waals surface area (Å²) < 4.78 is 6.71. The van der Waals surface area contributed by atoms with Crippen LogP contribution in [-0.4, -0.2) is 22.6 Å². The molecule has 5 nitrogen and oxygen atoms in total. The average Bonchev–Trinajstić information content (AvgIpc) is 3.01. The van der Waals surface area contributed by atoms with Crippen molar-refractivity contribution < 1.29 is 4.74 Å². The molecular weight excluding hydrogens is 397 g/mol. The maximum absolute atomic E-state index is 13.2. The molecule has 0 unspecified atom stereocenters. The quantitative estimate of drug-likeness (QED) is 0.532. The van der Waals surface area contributed by atoms with Crippen molar-refractivity contribution in [3.63, 3.8) is 0 Å². The molecule has 28 heavy (non-hydrogen) atoms. The van der Waals surface area contributed by atoms with Crippen LogP contribution in [0.4, 0.5) is 5.69 Å². The first-order valence-corrected chi connectivity index (χ1v) is 9.69. The van der Waals surface area contributed by atoms with Crippen LogP contribution in [0, 0.1) is 0 Å². The number of hydrogen-bond acceptors (Lipinski definition) is 3. The molecular formula is C21H21Cl2N3O2. The van der Waals surface area contributed by atoms with Crippen LogP contribution < -0.4 is 10.3 Å². The van der Waals surface area contributed by atoms with E-state index in [-0.39, 0.29) is 5.56 Å². The zero-order valence-corrected chi connectivity index (χ0v) is 17.4. The highest BCUT2D eigenvalue weighted by molar-refractivity contribution is 6.35. The molecule has 1 N–H and O–H groups in total. The first-order chi connectivity index (χ1) is 13.4. The van der Waals surface area contributed by atoms with Crippen molar-refractivity contribution in [2.24, 2.45) is 4.99 Å². The standard InChI is InChI=1S/C21H21Cl2N3O2/c1-4-5-18-20(13(2)24-19-12-14(22)6-11-17(19)23)21(27)26(25-18)15-7-9-16(28-3)10-8-15/h6-12,25H,4-5H2,1-3H3. The molecule has 146 valence electrons. The zero-order valence-electron chi connectivity index (χ0n) is 15.9. The summed E-state index contributed by atoms with van der Waals surface area (Å²) in [5, 5.41) is 4.24. The van der Waals surface area contributed by atoms with Gasteiger partial charge in [0, 0.05) is 10.7 Å². The molecule has 0 radical (unpaired) electrons. The minimum Gasteiger partial charge on any atom is -0.497 e. The van der Waals surface area contributed by atoms with Crippen LogP contribution in [0.2, 0.25) is 10.0 Å². The van der Waals surface area contributed by atoms with E-state index >= 15 is 0 Å². The van der Waals surface area contributed by atoms with Crippen LogP contribution in [0.5, 0.6) is 5.75 Å². The summed E-state index contributed by atoms with van der Waals surface area (Å²) in [6.45, 7) is 3.87. The molecule has 0 saturated heterocycles. The highest BCUT2D eigenvalue weighted by atomic mass is 35.5. The summed E-state index contributed by atoms with van der Waals surface area (Å²) in [5.41, 5.74) is 3.07. The summed E-state index contributed by atoms with van der Waals surface area (Å²) >= 11 is 12.3. The van der Waals surface area contributed by atoms with Gasteiger partial charge in [0.15, 0.2) is 0 Å². The number of H-pyrrole nitrogens is 1. The predicted octanol–water partition coefficient (Wildman–Crippen LogP) is 5.57. The summed E-state index contributed by atoms with van der Waals surface area (Å²) in [6, 6.07) is 12.4. The largest absolute Gasteiger partial charge is 0.497 e. The number of ether oxygens (including phenoxy) is 1. The number of hydrogen-bond donors (Lipinski definition) is 1. The van der Waals surface area contributed by atoms with Crippen molar-refractivity contribution in [2.75, 3.05) is 7.11 Å². The van der Waals surface area contributed by atoms with Crippen LogP contribution in [0.3, 0.4) is 0 Å². The third kappa shape index (κ3) is 4.16. The van der Waals surface area contributed by atoms with E-state index < -0.39 is 0 Å². The fourth-order valence-corrected chi connectivity index (χ4v) is 3.33. The van der Waals surface area contributed by atoms with E-state index in [0.29, 0.717) is 27.0 Å². The van der Waals surface area contributed by atoms with Crippen LogP contribution in [0.15, 0.2) is 52.3 Å². The Morgan fingerprint density at radius 2 is 1.89 bits per heavy atom. The molecule has 2 aromatic carbocycles. The Hall–Kier alpha value is -2.50. The number of halogens is 2. The van der Waals surface area contributed by atoms with Crippen molar-refractivity contribution >= 4 is 34.6 Å². The Balaban J connectivity index is 2.11. The fraction of sp³-hybridized carbons (Fsp3) is 0.238. The van der Waals surface area contributed by atoms with Crippen molar-refractivity contribution in [1.29, 1.82) is 0 Å². The number of methoxy groups -OCH3 is 1. The monoisotopic (exact) mass is 417 g/mol. The average molecular weight is 418 g/mol. The van der Waals surface area contributed by atoms with E-state index in [0.717, 1.165) is 30.0 Å². The normalized spacial score (nSPS) is 11.7. The maximum Gasteiger partial charge on any atom is 0.280 e. The third-order valence-electron chi connectivity index (χ3n) is 4.35. The molecule has 3 aromatic rings. The van der Waals surface area contributed by atoms with Gasteiger partial charge in [0.05, 0.1) is 34.8 Å². The Bertz CT molecular complexity index is 1070. The topological polar surface area (TPSA) is 59.4 Å². The molecule has 0 bridgehead atoms. The SMILES string of the molecule is CCCc1[nH]n(-c2ccc(OC)cc2)c(=O)c1C(C)=Nc1cc(Cl)ccc1Cl. The van der Waals surface area contributed by atoms with Crippen molar-refractivity contribution in [3.8, 4) is 11.4 Å². The molecule has 3 rings (SSSR count). The second-order valence-electron chi connectivity index (χ2n) is 6.35. The second kappa shape index (κ2) is 8.67. The number of rotatable bonds is 6. The molecule has 0 aliphatic rings. The Kier molecular flexibility index (Phi) is 6.27. The maximum atomic E-state index is 13.2. The minimum absolute atomic E-state index is 0.159. The molecule has 0 atom stereocenters. The van der Waals surface area contributed by atoms with Gasteiger partial charge in [-0.05, 0) is 55.8 Å². The first kappa shape index (κ1) is 20.2. The number of aliphatic imine (C=N–C) groups is 1. The lowest BCUT2D eigenvalue weighted by molar-refractivity contribution is 0.414. The van der Waals surface area contributed by atoms with E-state index in [2.05, 4.69) is 17.0 Å². The molecule has 0 amide bonds. The third-order valence-corrected chi connectivity index (χ3v) is 4.91. The lowest BCUT2D eigenvalue weighted by atomic mass is 10.1. The van der Waals surface area contributed by atoms with E-state index in [1.54, 1.807) is 32.2 Å². The van der Waals surface area contributed by atoms with Gasteiger partial charge in [-0.3, -0.25) is 14.9 Å². The second-order valence-corrected chi connectivity index (χ2v) is 7.19. The Labute approximate surface area is 173 Å². The zero-order chi connectivity index (χ0) is 20.3. The van der Waals surface area contributed by atoms with Crippen LogP contribution in [0.1, 0.15) is 31.5 Å². The molecule has 0 aliphatic carbocycles. The van der Waals surface area contributed by atoms with E-state index in [9.17, 15) is 4.79 Å². The summed E-state index contributed by atoms with van der Waals surface area (Å²) in [4.78, 5) is 17.7. The van der Waals surface area contributed by atoms with Gasteiger partial charge in [-0.25, -0.2) is 4.68 Å². The van der Waals surface area contributed by atoms with Gasteiger partial charge in [-0.1, -0.05) is 36.5 Å². The van der Waals surface area contributed by atoms with Crippen molar-refractivity contribution in [1.82, 2.24) is 9.78 Å². The molecule has 0 fully saturated rings. The molecule has 7 heteroatoms. The van der Waals surface area contributed by atoms with Crippen LogP contribution in [0.25, 0.3) is 5.69 Å². The van der Waals surface area contributed by atoms with Gasteiger partial charge in [-0.2, -0.15) is 0 Å². The fourth-order valence-electron chi connectivity index (χ4n) is 3.01. The summed E-state index contributed by atoms with van der Waals surface area (Å²) in [6.07, 6.45) is 1.62. The van der Waals surface area contributed by atoms with Gasteiger partial charge in [0.2, 0.25) is 0 Å². The summed E-state index contributed by atoms with van der Waals surface area (Å²) in [7, 11) is 1.61.